The number of rotatable bonds is 6. The van der Waals surface area contributed by atoms with Crippen LogP contribution in [0.1, 0.15) is 16.1 Å². The van der Waals surface area contributed by atoms with Gasteiger partial charge < -0.3 is 29.0 Å². The summed E-state index contributed by atoms with van der Waals surface area (Å²) in [7, 11) is 0. The van der Waals surface area contributed by atoms with Gasteiger partial charge in [-0.1, -0.05) is 0 Å². The van der Waals surface area contributed by atoms with Crippen LogP contribution in [0.15, 0.2) is 48.9 Å². The molecule has 3 aromatic heterocycles. The number of fused-ring (bicyclic) bond motifs is 1. The molecule has 0 atom stereocenters. The molecule has 7 rings (SSSR count). The number of anilines is 2. The number of pyridine rings is 1. The van der Waals surface area contributed by atoms with Gasteiger partial charge in [0.25, 0.3) is 5.91 Å². The van der Waals surface area contributed by atoms with E-state index in [0.717, 1.165) is 0 Å². The summed E-state index contributed by atoms with van der Waals surface area (Å²) >= 11 is 0. The topological polar surface area (TPSA) is 107 Å². The smallest absolute Gasteiger partial charge is 0.272 e. The second-order valence-corrected chi connectivity index (χ2v) is 10.7. The van der Waals surface area contributed by atoms with Crippen LogP contribution in [0.4, 0.5) is 20.4 Å². The molecule has 4 aromatic rings. The van der Waals surface area contributed by atoms with Gasteiger partial charge in [-0.25, -0.2) is 13.8 Å². The van der Waals surface area contributed by atoms with Gasteiger partial charge in [0, 0.05) is 61.4 Å². The van der Waals surface area contributed by atoms with E-state index >= 15 is 8.78 Å². The van der Waals surface area contributed by atoms with E-state index in [0.29, 0.717) is 81.6 Å². The van der Waals surface area contributed by atoms with Crippen LogP contribution in [0, 0.1) is 11.6 Å². The fraction of sp³-hybridized carbons (Fsp3) is 0.379. The average Bonchev–Trinajstić information content (AvgIpc) is 3.42. The minimum atomic E-state index is -0.615. The standard InChI is InChI=1S/C29H29F2N7O4/c30-23-12-21(13-24(31)22(23)15-36-5-8-40-9-6-36)38-4-2-19-14-33-28(35-26(19)38)34-20-1-3-32-25(11-20)27(39)37-7-10-42-29(16-37)17-41-18-29/h1-4,11-14H,5-10,15-18H2,(H,32,33,34,35). The predicted octanol–water partition coefficient (Wildman–Crippen LogP) is 2.91. The first kappa shape index (κ1) is 26.8. The first-order chi connectivity index (χ1) is 20.5. The van der Waals surface area contributed by atoms with Crippen LogP contribution in [-0.4, -0.2) is 100 Å². The number of amides is 1. The number of morpholine rings is 2. The zero-order chi connectivity index (χ0) is 28.7. The summed E-state index contributed by atoms with van der Waals surface area (Å²) in [4.78, 5) is 30.2. The Balaban J connectivity index is 1.11. The summed E-state index contributed by atoms with van der Waals surface area (Å²) in [6, 6.07) is 7.77. The van der Waals surface area contributed by atoms with Crippen LogP contribution in [0.5, 0.6) is 0 Å². The Kier molecular flexibility index (Phi) is 7.02. The Bertz CT molecular complexity index is 1610. The van der Waals surface area contributed by atoms with E-state index < -0.39 is 17.2 Å². The first-order valence-corrected chi connectivity index (χ1v) is 13.8. The van der Waals surface area contributed by atoms with Crippen molar-refractivity contribution in [1.29, 1.82) is 0 Å². The van der Waals surface area contributed by atoms with Crippen molar-refractivity contribution in [2.24, 2.45) is 0 Å². The van der Waals surface area contributed by atoms with Crippen LogP contribution in [0.25, 0.3) is 16.7 Å². The SMILES string of the molecule is O=C(c1cc(Nc2ncc3ccn(-c4cc(F)c(CN5CCOCC5)c(F)c4)c3n2)ccn1)N1CCOC2(COC2)C1. The van der Waals surface area contributed by atoms with Gasteiger partial charge in [0.05, 0.1) is 45.3 Å². The van der Waals surface area contributed by atoms with Gasteiger partial charge in [-0.3, -0.25) is 14.7 Å². The maximum absolute atomic E-state index is 15.1. The molecular weight excluding hydrogens is 548 g/mol. The van der Waals surface area contributed by atoms with Gasteiger partial charge >= 0.3 is 0 Å². The van der Waals surface area contributed by atoms with E-state index in [9.17, 15) is 4.79 Å². The van der Waals surface area contributed by atoms with Crippen molar-refractivity contribution >= 4 is 28.6 Å². The molecule has 1 aromatic carbocycles. The van der Waals surface area contributed by atoms with Gasteiger partial charge in [-0.05, 0) is 30.3 Å². The lowest BCUT2D eigenvalue weighted by molar-refractivity contribution is -0.232. The molecule has 0 unspecified atom stereocenters. The first-order valence-electron chi connectivity index (χ1n) is 13.8. The van der Waals surface area contributed by atoms with Crippen LogP contribution < -0.4 is 5.32 Å². The van der Waals surface area contributed by atoms with E-state index in [4.69, 9.17) is 14.2 Å². The highest BCUT2D eigenvalue weighted by molar-refractivity contribution is 5.93. The third-order valence-corrected chi connectivity index (χ3v) is 7.82. The summed E-state index contributed by atoms with van der Waals surface area (Å²) in [5.74, 6) is -1.17. The van der Waals surface area contributed by atoms with Crippen LogP contribution in [0.2, 0.25) is 0 Å². The predicted molar refractivity (Wildman–Crippen MR) is 148 cm³/mol. The molecule has 1 N–H and O–H groups in total. The van der Waals surface area contributed by atoms with Crippen molar-refractivity contribution in [2.75, 3.05) is 64.5 Å². The number of carbonyl (C=O) groups excluding carboxylic acids is 1. The molecule has 3 fully saturated rings. The zero-order valence-corrected chi connectivity index (χ0v) is 22.8. The number of hydrogen-bond acceptors (Lipinski definition) is 9. The minimum Gasteiger partial charge on any atom is -0.379 e. The number of aromatic nitrogens is 4. The fourth-order valence-electron chi connectivity index (χ4n) is 5.49. The third-order valence-electron chi connectivity index (χ3n) is 7.82. The maximum Gasteiger partial charge on any atom is 0.272 e. The number of halogens is 2. The normalized spacial score (nSPS) is 18.8. The molecule has 0 radical (unpaired) electrons. The lowest BCUT2D eigenvalue weighted by Gasteiger charge is -2.47. The molecule has 3 aliphatic heterocycles. The van der Waals surface area contributed by atoms with Crippen LogP contribution >= 0.6 is 0 Å². The number of benzene rings is 1. The number of carbonyl (C=O) groups is 1. The quantitative estimate of drug-likeness (QED) is 0.370. The number of hydrogen-bond donors (Lipinski definition) is 1. The third kappa shape index (κ3) is 5.20. The lowest BCUT2D eigenvalue weighted by Crippen LogP contribution is -2.63. The van der Waals surface area contributed by atoms with E-state index in [2.05, 4.69) is 20.3 Å². The second kappa shape index (κ2) is 11.0. The molecule has 6 heterocycles. The molecule has 218 valence electrons. The molecule has 0 bridgehead atoms. The Morgan fingerprint density at radius 3 is 2.57 bits per heavy atom. The van der Waals surface area contributed by atoms with Gasteiger partial charge in [0.2, 0.25) is 5.95 Å². The molecule has 0 aliphatic carbocycles. The van der Waals surface area contributed by atoms with E-state index in [1.54, 1.807) is 46.3 Å². The Morgan fingerprint density at radius 1 is 1.00 bits per heavy atom. The number of nitrogens with zero attached hydrogens (tertiary/aromatic N) is 6. The highest BCUT2D eigenvalue weighted by atomic mass is 19.1. The molecule has 1 amide bonds. The van der Waals surface area contributed by atoms with Crippen molar-refractivity contribution < 1.29 is 27.8 Å². The number of ether oxygens (including phenoxy) is 3. The van der Waals surface area contributed by atoms with Gasteiger partial charge in [0.15, 0.2) is 0 Å². The molecule has 42 heavy (non-hydrogen) atoms. The molecular formula is C29H29F2N7O4. The van der Waals surface area contributed by atoms with Crippen molar-refractivity contribution in [1.82, 2.24) is 29.3 Å². The summed E-state index contributed by atoms with van der Waals surface area (Å²) < 4.78 is 48.3. The Labute approximate surface area is 240 Å². The van der Waals surface area contributed by atoms with Crippen molar-refractivity contribution in [3.05, 3.63) is 71.8 Å². The molecule has 0 saturated carbocycles. The van der Waals surface area contributed by atoms with Gasteiger partial charge in [-0.2, -0.15) is 4.98 Å². The van der Waals surface area contributed by atoms with Crippen molar-refractivity contribution in [3.63, 3.8) is 0 Å². The van der Waals surface area contributed by atoms with Gasteiger partial charge in [0.1, 0.15) is 28.6 Å². The van der Waals surface area contributed by atoms with Crippen molar-refractivity contribution in [3.8, 4) is 5.69 Å². The zero-order valence-electron chi connectivity index (χ0n) is 22.8. The van der Waals surface area contributed by atoms with E-state index in [-0.39, 0.29) is 29.7 Å². The number of nitrogens with one attached hydrogen (secondary N) is 1. The maximum atomic E-state index is 15.1. The monoisotopic (exact) mass is 577 g/mol. The lowest BCUT2D eigenvalue weighted by atomic mass is 9.99. The van der Waals surface area contributed by atoms with Crippen molar-refractivity contribution in [2.45, 2.75) is 12.1 Å². The molecule has 1 spiro atoms. The van der Waals surface area contributed by atoms with Crippen LogP contribution in [0.3, 0.4) is 0 Å². The molecule has 13 heteroatoms. The summed E-state index contributed by atoms with van der Waals surface area (Å²) in [5.41, 5.74) is 1.25. The highest BCUT2D eigenvalue weighted by Crippen LogP contribution is 2.28. The molecule has 3 saturated heterocycles. The summed E-state index contributed by atoms with van der Waals surface area (Å²) in [5, 5.41) is 3.82. The van der Waals surface area contributed by atoms with E-state index in [1.807, 2.05) is 4.90 Å². The Morgan fingerprint density at radius 2 is 1.81 bits per heavy atom. The highest BCUT2D eigenvalue weighted by Gasteiger charge is 2.45. The van der Waals surface area contributed by atoms with Crippen LogP contribution in [-0.2, 0) is 20.8 Å². The second-order valence-electron chi connectivity index (χ2n) is 10.7. The fourth-order valence-corrected chi connectivity index (χ4v) is 5.49. The largest absolute Gasteiger partial charge is 0.379 e. The minimum absolute atomic E-state index is 0.0328. The summed E-state index contributed by atoms with van der Waals surface area (Å²) in [6.07, 6.45) is 4.87. The molecule has 3 aliphatic rings. The summed E-state index contributed by atoms with van der Waals surface area (Å²) in [6.45, 7) is 4.88. The van der Waals surface area contributed by atoms with E-state index in [1.165, 1.54) is 12.1 Å². The molecule has 11 nitrogen and oxygen atoms in total. The Hall–Kier alpha value is -4.04. The van der Waals surface area contributed by atoms with Gasteiger partial charge in [-0.15, -0.1) is 0 Å². The average molecular weight is 578 g/mol.